The molecule has 0 bridgehead atoms. The standard InChI is InChI=1S/C15H23N3O3.ClH/c1-3-21-15-7-6-14(18(19)20)9-12(15)10-17-8-4-5-13(11-17)16-2;/h6-7,9,13,16H,3-5,8,10-11H2,1-2H3;1H. The molecule has 1 aliphatic rings. The molecule has 0 saturated carbocycles. The van der Waals surface area contributed by atoms with Crippen molar-refractivity contribution in [1.29, 1.82) is 0 Å². The summed E-state index contributed by atoms with van der Waals surface area (Å²) in [5.41, 5.74) is 1.01. The number of non-ortho nitro benzene ring substituents is 1. The van der Waals surface area contributed by atoms with Crippen molar-refractivity contribution in [2.24, 2.45) is 0 Å². The average Bonchev–Trinajstić information content (AvgIpc) is 2.49. The largest absolute Gasteiger partial charge is 0.494 e. The van der Waals surface area contributed by atoms with Crippen molar-refractivity contribution in [2.45, 2.75) is 32.4 Å². The Kier molecular flexibility index (Phi) is 7.58. The molecule has 2 rings (SSSR count). The smallest absolute Gasteiger partial charge is 0.270 e. The molecule has 1 aliphatic heterocycles. The van der Waals surface area contributed by atoms with Gasteiger partial charge in [0.2, 0.25) is 0 Å². The second-order valence-electron chi connectivity index (χ2n) is 5.35. The zero-order valence-electron chi connectivity index (χ0n) is 13.1. The number of rotatable bonds is 6. The third kappa shape index (κ3) is 4.83. The zero-order chi connectivity index (χ0) is 15.2. The maximum atomic E-state index is 11.0. The highest BCUT2D eigenvalue weighted by molar-refractivity contribution is 5.85. The van der Waals surface area contributed by atoms with Gasteiger partial charge in [0.05, 0.1) is 11.5 Å². The van der Waals surface area contributed by atoms with Gasteiger partial charge in [-0.05, 0) is 39.4 Å². The van der Waals surface area contributed by atoms with Gasteiger partial charge in [-0.1, -0.05) is 0 Å². The van der Waals surface area contributed by atoms with E-state index in [0.29, 0.717) is 19.2 Å². The van der Waals surface area contributed by atoms with Gasteiger partial charge >= 0.3 is 0 Å². The highest BCUT2D eigenvalue weighted by Crippen LogP contribution is 2.26. The molecular weight excluding hydrogens is 306 g/mol. The molecule has 1 N–H and O–H groups in total. The second-order valence-corrected chi connectivity index (χ2v) is 5.35. The van der Waals surface area contributed by atoms with Crippen molar-refractivity contribution in [3.63, 3.8) is 0 Å². The summed E-state index contributed by atoms with van der Waals surface area (Å²) in [6.07, 6.45) is 2.32. The molecule has 22 heavy (non-hydrogen) atoms. The van der Waals surface area contributed by atoms with E-state index in [1.165, 1.54) is 12.5 Å². The topological polar surface area (TPSA) is 67.6 Å². The molecule has 0 amide bonds. The predicted molar refractivity (Wildman–Crippen MR) is 88.9 cm³/mol. The van der Waals surface area contributed by atoms with Gasteiger partial charge in [0.15, 0.2) is 0 Å². The van der Waals surface area contributed by atoms with Gasteiger partial charge < -0.3 is 10.1 Å². The van der Waals surface area contributed by atoms with E-state index in [1.54, 1.807) is 12.1 Å². The van der Waals surface area contributed by atoms with Crippen LogP contribution >= 0.6 is 12.4 Å². The molecular formula is C15H24ClN3O3. The molecule has 0 spiro atoms. The Morgan fingerprint density at radius 3 is 2.91 bits per heavy atom. The van der Waals surface area contributed by atoms with Crippen LogP contribution in [-0.2, 0) is 6.54 Å². The first-order valence-corrected chi connectivity index (χ1v) is 7.43. The number of piperidine rings is 1. The number of hydrogen-bond donors (Lipinski definition) is 1. The molecule has 124 valence electrons. The maximum absolute atomic E-state index is 11.0. The monoisotopic (exact) mass is 329 g/mol. The van der Waals surface area contributed by atoms with E-state index in [0.717, 1.165) is 30.8 Å². The zero-order valence-corrected chi connectivity index (χ0v) is 13.9. The Morgan fingerprint density at radius 2 is 2.27 bits per heavy atom. The van der Waals surface area contributed by atoms with Crippen LogP contribution in [0.3, 0.4) is 0 Å². The highest BCUT2D eigenvalue weighted by Gasteiger charge is 2.20. The second kappa shape index (κ2) is 8.92. The molecule has 1 saturated heterocycles. The summed E-state index contributed by atoms with van der Waals surface area (Å²) in [7, 11) is 1.98. The Morgan fingerprint density at radius 1 is 1.50 bits per heavy atom. The number of hydrogen-bond acceptors (Lipinski definition) is 5. The van der Waals surface area contributed by atoms with Gasteiger partial charge in [0, 0.05) is 36.8 Å². The predicted octanol–water partition coefficient (Wildman–Crippen LogP) is 2.60. The van der Waals surface area contributed by atoms with Crippen molar-refractivity contribution in [2.75, 3.05) is 26.7 Å². The minimum Gasteiger partial charge on any atom is -0.494 e. The molecule has 1 atom stereocenters. The summed E-state index contributed by atoms with van der Waals surface area (Å²) in [5.74, 6) is 0.745. The van der Waals surface area contributed by atoms with Gasteiger partial charge in [0.1, 0.15) is 5.75 Å². The van der Waals surface area contributed by atoms with E-state index < -0.39 is 0 Å². The van der Waals surface area contributed by atoms with Gasteiger partial charge in [-0.25, -0.2) is 0 Å². The van der Waals surface area contributed by atoms with Crippen LogP contribution < -0.4 is 10.1 Å². The van der Waals surface area contributed by atoms with Gasteiger partial charge in [-0.2, -0.15) is 0 Å². The van der Waals surface area contributed by atoms with Crippen LogP contribution in [0.2, 0.25) is 0 Å². The van der Waals surface area contributed by atoms with Crippen molar-refractivity contribution >= 4 is 18.1 Å². The molecule has 0 aliphatic carbocycles. The van der Waals surface area contributed by atoms with Crippen LogP contribution in [-0.4, -0.2) is 42.6 Å². The number of nitro benzene ring substituents is 1. The van der Waals surface area contributed by atoms with Gasteiger partial charge in [-0.3, -0.25) is 15.0 Å². The number of ether oxygens (including phenoxy) is 1. The number of nitrogens with zero attached hydrogens (tertiary/aromatic N) is 2. The number of benzene rings is 1. The lowest BCUT2D eigenvalue weighted by Gasteiger charge is -2.32. The van der Waals surface area contributed by atoms with E-state index in [9.17, 15) is 10.1 Å². The lowest BCUT2D eigenvalue weighted by atomic mass is 10.0. The normalized spacial score (nSPS) is 18.5. The van der Waals surface area contributed by atoms with E-state index in [1.807, 2.05) is 14.0 Å². The maximum Gasteiger partial charge on any atom is 0.270 e. The lowest BCUT2D eigenvalue weighted by molar-refractivity contribution is -0.385. The van der Waals surface area contributed by atoms with E-state index in [4.69, 9.17) is 4.74 Å². The molecule has 1 unspecified atom stereocenters. The van der Waals surface area contributed by atoms with Crippen LogP contribution in [0.25, 0.3) is 0 Å². The van der Waals surface area contributed by atoms with Crippen LogP contribution in [0.15, 0.2) is 18.2 Å². The summed E-state index contributed by atoms with van der Waals surface area (Å²) >= 11 is 0. The van der Waals surface area contributed by atoms with Gasteiger partial charge in [0.25, 0.3) is 5.69 Å². The first-order chi connectivity index (χ1) is 10.1. The first kappa shape index (κ1) is 18.7. The molecule has 0 aromatic heterocycles. The number of nitrogens with one attached hydrogen (secondary N) is 1. The Labute approximate surface area is 137 Å². The molecule has 7 heteroatoms. The third-order valence-corrected chi connectivity index (χ3v) is 3.86. The lowest BCUT2D eigenvalue weighted by Crippen LogP contribution is -2.43. The molecule has 6 nitrogen and oxygen atoms in total. The molecule has 1 heterocycles. The summed E-state index contributed by atoms with van der Waals surface area (Å²) in [5, 5.41) is 14.3. The number of nitro groups is 1. The Bertz CT molecular complexity index is 499. The quantitative estimate of drug-likeness (QED) is 0.642. The number of likely N-dealkylation sites (tertiary alicyclic amines) is 1. The fourth-order valence-corrected chi connectivity index (χ4v) is 2.77. The first-order valence-electron chi connectivity index (χ1n) is 7.43. The molecule has 0 radical (unpaired) electrons. The fourth-order valence-electron chi connectivity index (χ4n) is 2.77. The summed E-state index contributed by atoms with van der Waals surface area (Å²) in [4.78, 5) is 12.9. The van der Waals surface area contributed by atoms with Crippen molar-refractivity contribution in [1.82, 2.24) is 10.2 Å². The minimum absolute atomic E-state index is 0. The number of halogens is 1. The summed E-state index contributed by atoms with van der Waals surface area (Å²) in [6.45, 7) is 5.15. The SMILES string of the molecule is CCOc1ccc([N+](=O)[O-])cc1CN1CCCC(NC)C1.Cl. The average molecular weight is 330 g/mol. The van der Waals surface area contributed by atoms with Crippen LogP contribution in [0.4, 0.5) is 5.69 Å². The van der Waals surface area contributed by atoms with E-state index in [2.05, 4.69) is 10.2 Å². The summed E-state index contributed by atoms with van der Waals surface area (Å²) < 4.78 is 5.60. The van der Waals surface area contributed by atoms with Crippen molar-refractivity contribution < 1.29 is 9.66 Å². The van der Waals surface area contributed by atoms with E-state index >= 15 is 0 Å². The van der Waals surface area contributed by atoms with Crippen molar-refractivity contribution in [3.8, 4) is 5.75 Å². The van der Waals surface area contributed by atoms with Crippen LogP contribution in [0.1, 0.15) is 25.3 Å². The molecule has 1 fully saturated rings. The fraction of sp³-hybridized carbons (Fsp3) is 0.600. The number of likely N-dealkylation sites (N-methyl/N-ethyl adjacent to an activating group) is 1. The van der Waals surface area contributed by atoms with Gasteiger partial charge in [-0.15, -0.1) is 12.4 Å². The van der Waals surface area contributed by atoms with Crippen LogP contribution in [0, 0.1) is 10.1 Å². The van der Waals surface area contributed by atoms with Crippen molar-refractivity contribution in [3.05, 3.63) is 33.9 Å². The molecule has 1 aromatic rings. The van der Waals surface area contributed by atoms with E-state index in [-0.39, 0.29) is 23.0 Å². The summed E-state index contributed by atoms with van der Waals surface area (Å²) in [6, 6.07) is 5.33. The van der Waals surface area contributed by atoms with Crippen LogP contribution in [0.5, 0.6) is 5.75 Å². The third-order valence-electron chi connectivity index (χ3n) is 3.86. The Hall–Kier alpha value is -1.37. The Balaban J connectivity index is 0.00000242. The molecule has 1 aromatic carbocycles. The minimum atomic E-state index is -0.355. The highest BCUT2D eigenvalue weighted by atomic mass is 35.5.